The standard InChI is InChI=1S/C9H15NO4/c1-6(14-4)8(13)10-9(2,3)5-7(11)12/h1,5H2,2-4H3,(H,10,13)(H,11,12). The van der Waals surface area contributed by atoms with Crippen LogP contribution in [0.25, 0.3) is 0 Å². The Hall–Kier alpha value is -1.52. The maximum atomic E-state index is 11.2. The highest BCUT2D eigenvalue weighted by Crippen LogP contribution is 2.09. The van der Waals surface area contributed by atoms with Crippen LogP contribution in [0.1, 0.15) is 20.3 Å². The van der Waals surface area contributed by atoms with Crippen molar-refractivity contribution in [2.45, 2.75) is 25.8 Å². The van der Waals surface area contributed by atoms with Crippen molar-refractivity contribution in [3.05, 3.63) is 12.3 Å². The summed E-state index contributed by atoms with van der Waals surface area (Å²) in [5.74, 6) is -1.51. The number of amides is 1. The largest absolute Gasteiger partial charge is 0.492 e. The van der Waals surface area contributed by atoms with E-state index in [2.05, 4.69) is 16.6 Å². The highest BCUT2D eigenvalue weighted by atomic mass is 16.5. The Morgan fingerprint density at radius 3 is 2.36 bits per heavy atom. The molecule has 0 aliphatic carbocycles. The van der Waals surface area contributed by atoms with E-state index in [1.54, 1.807) is 13.8 Å². The first kappa shape index (κ1) is 12.5. The van der Waals surface area contributed by atoms with Crippen molar-refractivity contribution in [1.29, 1.82) is 0 Å². The van der Waals surface area contributed by atoms with E-state index in [0.29, 0.717) is 0 Å². The number of rotatable bonds is 5. The van der Waals surface area contributed by atoms with E-state index in [9.17, 15) is 9.59 Å². The van der Waals surface area contributed by atoms with Crippen LogP contribution in [-0.2, 0) is 14.3 Å². The molecule has 2 N–H and O–H groups in total. The number of carbonyl (C=O) groups is 2. The third-order valence-electron chi connectivity index (χ3n) is 1.54. The molecule has 0 aliphatic rings. The number of nitrogens with one attached hydrogen (secondary N) is 1. The van der Waals surface area contributed by atoms with Crippen LogP contribution in [0.4, 0.5) is 0 Å². The fraction of sp³-hybridized carbons (Fsp3) is 0.556. The van der Waals surface area contributed by atoms with Gasteiger partial charge in [0, 0.05) is 5.54 Å². The van der Waals surface area contributed by atoms with Gasteiger partial charge >= 0.3 is 5.97 Å². The maximum absolute atomic E-state index is 11.2. The zero-order valence-electron chi connectivity index (χ0n) is 8.59. The first-order chi connectivity index (χ1) is 6.28. The predicted octanol–water partition coefficient (Wildman–Crippen LogP) is 0.516. The lowest BCUT2D eigenvalue weighted by molar-refractivity contribution is -0.138. The van der Waals surface area contributed by atoms with Crippen molar-refractivity contribution in [2.24, 2.45) is 0 Å². The van der Waals surface area contributed by atoms with E-state index < -0.39 is 17.4 Å². The smallest absolute Gasteiger partial charge is 0.305 e. The zero-order chi connectivity index (χ0) is 11.4. The molecule has 0 rings (SSSR count). The molecule has 0 aliphatic heterocycles. The summed E-state index contributed by atoms with van der Waals surface area (Å²) in [7, 11) is 1.33. The Morgan fingerprint density at radius 2 is 2.00 bits per heavy atom. The number of carbonyl (C=O) groups excluding carboxylic acids is 1. The van der Waals surface area contributed by atoms with Crippen molar-refractivity contribution in [2.75, 3.05) is 7.11 Å². The van der Waals surface area contributed by atoms with Crippen molar-refractivity contribution in [1.82, 2.24) is 5.32 Å². The topological polar surface area (TPSA) is 75.6 Å². The molecule has 0 bridgehead atoms. The molecular weight excluding hydrogens is 186 g/mol. The van der Waals surface area contributed by atoms with Crippen molar-refractivity contribution in [3.63, 3.8) is 0 Å². The second-order valence-corrected chi connectivity index (χ2v) is 3.54. The third-order valence-corrected chi connectivity index (χ3v) is 1.54. The van der Waals surface area contributed by atoms with Crippen molar-refractivity contribution >= 4 is 11.9 Å². The minimum absolute atomic E-state index is 0.0385. The van der Waals surface area contributed by atoms with Crippen LogP contribution in [0, 0.1) is 0 Å². The van der Waals surface area contributed by atoms with Gasteiger partial charge in [-0.15, -0.1) is 0 Å². The lowest BCUT2D eigenvalue weighted by Crippen LogP contribution is -2.45. The summed E-state index contributed by atoms with van der Waals surface area (Å²) in [5, 5.41) is 11.0. The molecule has 5 heteroatoms. The molecular formula is C9H15NO4. The Balaban J connectivity index is 4.28. The Labute approximate surface area is 82.7 Å². The zero-order valence-corrected chi connectivity index (χ0v) is 8.59. The van der Waals surface area contributed by atoms with Crippen LogP contribution >= 0.6 is 0 Å². The molecule has 0 atom stereocenters. The first-order valence-corrected chi connectivity index (χ1v) is 4.05. The molecule has 0 unspecified atom stereocenters. The summed E-state index contributed by atoms with van der Waals surface area (Å²) in [4.78, 5) is 21.7. The quantitative estimate of drug-likeness (QED) is 0.502. The van der Waals surface area contributed by atoms with Gasteiger partial charge in [0.25, 0.3) is 5.91 Å². The fourth-order valence-corrected chi connectivity index (χ4v) is 0.892. The van der Waals surface area contributed by atoms with E-state index >= 15 is 0 Å². The lowest BCUT2D eigenvalue weighted by Gasteiger charge is -2.24. The number of ether oxygens (including phenoxy) is 1. The van der Waals surface area contributed by atoms with Crippen LogP contribution in [0.5, 0.6) is 0 Å². The highest BCUT2D eigenvalue weighted by molar-refractivity contribution is 5.91. The SMILES string of the molecule is C=C(OC)C(=O)NC(C)(C)CC(=O)O. The van der Waals surface area contributed by atoms with E-state index in [-0.39, 0.29) is 12.2 Å². The van der Waals surface area contributed by atoms with Gasteiger partial charge in [-0.05, 0) is 13.8 Å². The van der Waals surface area contributed by atoms with E-state index in [0.717, 1.165) is 0 Å². The highest BCUT2D eigenvalue weighted by Gasteiger charge is 2.24. The Bertz CT molecular complexity index is 258. The van der Waals surface area contributed by atoms with Crippen LogP contribution in [0.3, 0.4) is 0 Å². The van der Waals surface area contributed by atoms with E-state index in [1.807, 2.05) is 0 Å². The molecule has 0 radical (unpaired) electrons. The summed E-state index contributed by atoms with van der Waals surface area (Å²) in [6.07, 6.45) is -0.157. The monoisotopic (exact) mass is 201 g/mol. The average molecular weight is 201 g/mol. The number of hydrogen-bond donors (Lipinski definition) is 2. The normalized spacial score (nSPS) is 10.5. The van der Waals surface area contributed by atoms with Gasteiger partial charge in [-0.2, -0.15) is 0 Å². The minimum Gasteiger partial charge on any atom is -0.492 e. The molecule has 0 fully saturated rings. The second-order valence-electron chi connectivity index (χ2n) is 3.54. The third kappa shape index (κ3) is 4.49. The molecule has 0 aromatic heterocycles. The fourth-order valence-electron chi connectivity index (χ4n) is 0.892. The Morgan fingerprint density at radius 1 is 1.50 bits per heavy atom. The number of carboxylic acid groups (broad SMARTS) is 1. The van der Waals surface area contributed by atoms with Gasteiger partial charge < -0.3 is 15.2 Å². The minimum atomic E-state index is -0.974. The molecule has 0 spiro atoms. The maximum Gasteiger partial charge on any atom is 0.305 e. The average Bonchev–Trinajstić information content (AvgIpc) is 1.99. The number of carboxylic acids is 1. The molecule has 0 aromatic carbocycles. The molecule has 0 saturated heterocycles. The lowest BCUT2D eigenvalue weighted by atomic mass is 10.0. The molecule has 0 saturated carbocycles. The molecule has 5 nitrogen and oxygen atoms in total. The van der Waals surface area contributed by atoms with Gasteiger partial charge in [0.15, 0.2) is 5.76 Å². The van der Waals surface area contributed by atoms with Gasteiger partial charge in [0.2, 0.25) is 0 Å². The van der Waals surface area contributed by atoms with Crippen LogP contribution in [0.2, 0.25) is 0 Å². The van der Waals surface area contributed by atoms with E-state index in [1.165, 1.54) is 7.11 Å². The number of hydrogen-bond acceptors (Lipinski definition) is 3. The second kappa shape index (κ2) is 4.64. The van der Waals surface area contributed by atoms with Crippen LogP contribution < -0.4 is 5.32 Å². The summed E-state index contributed by atoms with van der Waals surface area (Å²) in [6, 6.07) is 0. The number of aliphatic carboxylic acids is 1. The van der Waals surface area contributed by atoms with Gasteiger partial charge in [-0.3, -0.25) is 9.59 Å². The molecule has 0 aromatic rings. The van der Waals surface area contributed by atoms with Crippen LogP contribution in [0.15, 0.2) is 12.3 Å². The van der Waals surface area contributed by atoms with E-state index in [4.69, 9.17) is 5.11 Å². The first-order valence-electron chi connectivity index (χ1n) is 4.05. The van der Waals surface area contributed by atoms with Gasteiger partial charge in [0.05, 0.1) is 13.5 Å². The Kier molecular flexibility index (Phi) is 4.14. The molecule has 0 heterocycles. The van der Waals surface area contributed by atoms with Crippen LogP contribution in [-0.4, -0.2) is 29.6 Å². The molecule has 80 valence electrons. The number of methoxy groups -OCH3 is 1. The molecule has 14 heavy (non-hydrogen) atoms. The van der Waals surface area contributed by atoms with Gasteiger partial charge in [-0.25, -0.2) is 0 Å². The summed E-state index contributed by atoms with van der Waals surface area (Å²) in [6.45, 7) is 6.58. The summed E-state index contributed by atoms with van der Waals surface area (Å²) >= 11 is 0. The van der Waals surface area contributed by atoms with Crippen molar-refractivity contribution < 1.29 is 19.4 Å². The van der Waals surface area contributed by atoms with Crippen molar-refractivity contribution in [3.8, 4) is 0 Å². The van der Waals surface area contributed by atoms with Gasteiger partial charge in [-0.1, -0.05) is 6.58 Å². The predicted molar refractivity (Wildman–Crippen MR) is 50.6 cm³/mol. The summed E-state index contributed by atoms with van der Waals surface area (Å²) < 4.78 is 4.61. The summed E-state index contributed by atoms with van der Waals surface area (Å²) in [5.41, 5.74) is -0.815. The molecule has 1 amide bonds. The van der Waals surface area contributed by atoms with Gasteiger partial charge in [0.1, 0.15) is 0 Å².